The minimum atomic E-state index is -0.144. The maximum atomic E-state index is 11.6. The molecule has 5 heteroatoms. The highest BCUT2D eigenvalue weighted by Gasteiger charge is 2.20. The highest BCUT2D eigenvalue weighted by Crippen LogP contribution is 2.26. The van der Waals surface area contributed by atoms with E-state index >= 15 is 0 Å². The smallest absolute Gasteiger partial charge is 0.258 e. The van der Waals surface area contributed by atoms with E-state index in [1.165, 1.54) is 0 Å². The Kier molecular flexibility index (Phi) is 4.41. The second-order valence-electron chi connectivity index (χ2n) is 3.97. The summed E-state index contributed by atoms with van der Waals surface area (Å²) in [7, 11) is 0. The molecule has 5 nitrogen and oxygen atoms in total. The normalized spacial score (nSPS) is 14.7. The van der Waals surface area contributed by atoms with Gasteiger partial charge in [-0.25, -0.2) is 0 Å². The summed E-state index contributed by atoms with van der Waals surface area (Å²) in [6.07, 6.45) is 0. The van der Waals surface area contributed by atoms with Crippen LogP contribution in [0.25, 0.3) is 0 Å². The van der Waals surface area contributed by atoms with Crippen LogP contribution in [0.5, 0.6) is 11.5 Å². The van der Waals surface area contributed by atoms with Gasteiger partial charge in [0.15, 0.2) is 18.1 Å². The van der Waals surface area contributed by atoms with Crippen molar-refractivity contribution in [2.75, 3.05) is 26.4 Å². The molecule has 18 heavy (non-hydrogen) atoms. The summed E-state index contributed by atoms with van der Waals surface area (Å²) in [5.41, 5.74) is 0. The highest BCUT2D eigenvalue weighted by molar-refractivity contribution is 5.78. The Hall–Kier alpha value is -1.75. The molecular weight excluding hydrogens is 234 g/mol. The van der Waals surface area contributed by atoms with Gasteiger partial charge in [0.2, 0.25) is 0 Å². The van der Waals surface area contributed by atoms with Crippen LogP contribution in [0.1, 0.15) is 6.92 Å². The molecule has 1 aromatic carbocycles. The van der Waals surface area contributed by atoms with Crippen molar-refractivity contribution in [2.24, 2.45) is 0 Å². The predicted octanol–water partition coefficient (Wildman–Crippen LogP) is 0.979. The number of carbonyl (C=O) groups is 1. The number of benzene rings is 1. The van der Waals surface area contributed by atoms with Crippen LogP contribution < -0.4 is 14.8 Å². The largest absolute Gasteiger partial charge is 0.490 e. The third kappa shape index (κ3) is 3.37. The van der Waals surface area contributed by atoms with Crippen molar-refractivity contribution in [3.05, 3.63) is 24.3 Å². The van der Waals surface area contributed by atoms with Crippen LogP contribution in [0.3, 0.4) is 0 Å². The van der Waals surface area contributed by atoms with Gasteiger partial charge in [0.25, 0.3) is 5.91 Å². The zero-order valence-corrected chi connectivity index (χ0v) is 10.3. The first kappa shape index (κ1) is 12.7. The molecule has 1 saturated heterocycles. The quantitative estimate of drug-likeness (QED) is 0.818. The number of hydrogen-bond acceptors (Lipinski definition) is 4. The average molecular weight is 251 g/mol. The first-order valence-corrected chi connectivity index (χ1v) is 6.01. The number of rotatable bonds is 6. The summed E-state index contributed by atoms with van der Waals surface area (Å²) in [4.78, 5) is 11.6. The van der Waals surface area contributed by atoms with Gasteiger partial charge in [0.1, 0.15) is 0 Å². The molecule has 1 aliphatic heterocycles. The summed E-state index contributed by atoms with van der Waals surface area (Å²) in [6, 6.07) is 7.43. The topological polar surface area (TPSA) is 56.8 Å². The minimum absolute atomic E-state index is 0.0133. The Morgan fingerprint density at radius 3 is 2.56 bits per heavy atom. The van der Waals surface area contributed by atoms with Crippen molar-refractivity contribution in [1.29, 1.82) is 0 Å². The molecule has 0 spiro atoms. The molecule has 1 heterocycles. The van der Waals surface area contributed by atoms with E-state index in [2.05, 4.69) is 5.32 Å². The monoisotopic (exact) mass is 251 g/mol. The maximum Gasteiger partial charge on any atom is 0.258 e. The molecule has 1 aromatic rings. The SMILES string of the molecule is CCOc1ccccc1OCC(=O)NC1COC1. The van der Waals surface area contributed by atoms with Crippen molar-refractivity contribution in [3.63, 3.8) is 0 Å². The molecule has 0 aliphatic carbocycles. The predicted molar refractivity (Wildman–Crippen MR) is 65.9 cm³/mol. The zero-order valence-electron chi connectivity index (χ0n) is 10.3. The molecule has 0 unspecified atom stereocenters. The average Bonchev–Trinajstić information content (AvgIpc) is 2.33. The van der Waals surface area contributed by atoms with Crippen molar-refractivity contribution < 1.29 is 19.0 Å². The van der Waals surface area contributed by atoms with E-state index in [0.717, 1.165) is 0 Å². The molecular formula is C13H17NO4. The van der Waals surface area contributed by atoms with Crippen LogP contribution in [0, 0.1) is 0 Å². The Bertz CT molecular complexity index is 404. The molecule has 1 fully saturated rings. The summed E-state index contributed by atoms with van der Waals surface area (Å²) in [5, 5.41) is 2.81. The number of para-hydroxylation sites is 2. The molecule has 0 saturated carbocycles. The number of ether oxygens (including phenoxy) is 3. The van der Waals surface area contributed by atoms with E-state index < -0.39 is 0 Å². The van der Waals surface area contributed by atoms with Gasteiger partial charge in [-0.1, -0.05) is 12.1 Å². The number of carbonyl (C=O) groups excluding carboxylic acids is 1. The number of amides is 1. The van der Waals surface area contributed by atoms with Crippen LogP contribution in [0.15, 0.2) is 24.3 Å². The van der Waals surface area contributed by atoms with Crippen molar-refractivity contribution in [2.45, 2.75) is 13.0 Å². The fourth-order valence-electron chi connectivity index (χ4n) is 1.58. The summed E-state index contributed by atoms with van der Waals surface area (Å²) < 4.78 is 15.8. The van der Waals surface area contributed by atoms with Gasteiger partial charge in [-0.3, -0.25) is 4.79 Å². The van der Waals surface area contributed by atoms with E-state index in [9.17, 15) is 4.79 Å². The third-order valence-corrected chi connectivity index (χ3v) is 2.51. The van der Waals surface area contributed by atoms with Crippen LogP contribution in [-0.4, -0.2) is 38.4 Å². The lowest BCUT2D eigenvalue weighted by molar-refractivity contribution is -0.127. The molecule has 1 aliphatic rings. The lowest BCUT2D eigenvalue weighted by atomic mass is 10.2. The highest BCUT2D eigenvalue weighted by atomic mass is 16.5. The number of nitrogens with one attached hydrogen (secondary N) is 1. The second-order valence-corrected chi connectivity index (χ2v) is 3.97. The third-order valence-electron chi connectivity index (χ3n) is 2.51. The molecule has 1 N–H and O–H groups in total. The molecule has 1 amide bonds. The van der Waals surface area contributed by atoms with E-state index in [-0.39, 0.29) is 18.6 Å². The van der Waals surface area contributed by atoms with Gasteiger partial charge in [-0.15, -0.1) is 0 Å². The Balaban J connectivity index is 1.82. The zero-order chi connectivity index (χ0) is 12.8. The summed E-state index contributed by atoms with van der Waals surface area (Å²) >= 11 is 0. The molecule has 0 radical (unpaired) electrons. The summed E-state index contributed by atoms with van der Waals surface area (Å²) in [5.74, 6) is 1.09. The Morgan fingerprint density at radius 2 is 2.00 bits per heavy atom. The fraction of sp³-hybridized carbons (Fsp3) is 0.462. The first-order valence-electron chi connectivity index (χ1n) is 6.01. The van der Waals surface area contributed by atoms with Gasteiger partial charge in [-0.2, -0.15) is 0 Å². The van der Waals surface area contributed by atoms with Crippen molar-refractivity contribution in [3.8, 4) is 11.5 Å². The van der Waals surface area contributed by atoms with Crippen LogP contribution in [0.2, 0.25) is 0 Å². The maximum absolute atomic E-state index is 11.6. The van der Waals surface area contributed by atoms with Crippen molar-refractivity contribution >= 4 is 5.91 Å². The minimum Gasteiger partial charge on any atom is -0.490 e. The second kappa shape index (κ2) is 6.26. The molecule has 0 bridgehead atoms. The standard InChI is InChI=1S/C13H17NO4/c1-2-17-11-5-3-4-6-12(11)18-9-13(15)14-10-7-16-8-10/h3-6,10H,2,7-9H2,1H3,(H,14,15). The Morgan fingerprint density at radius 1 is 1.33 bits per heavy atom. The van der Waals surface area contributed by atoms with Crippen molar-refractivity contribution in [1.82, 2.24) is 5.32 Å². The van der Waals surface area contributed by atoms with Crippen LogP contribution in [0.4, 0.5) is 0 Å². The molecule has 98 valence electrons. The van der Waals surface area contributed by atoms with Crippen LogP contribution in [-0.2, 0) is 9.53 Å². The van der Waals surface area contributed by atoms with Gasteiger partial charge in [0, 0.05) is 0 Å². The van der Waals surface area contributed by atoms with E-state index in [1.807, 2.05) is 25.1 Å². The van der Waals surface area contributed by atoms with Gasteiger partial charge in [-0.05, 0) is 19.1 Å². The van der Waals surface area contributed by atoms with E-state index in [1.54, 1.807) is 6.07 Å². The van der Waals surface area contributed by atoms with Gasteiger partial charge >= 0.3 is 0 Å². The van der Waals surface area contributed by atoms with E-state index in [4.69, 9.17) is 14.2 Å². The van der Waals surface area contributed by atoms with Crippen LogP contribution >= 0.6 is 0 Å². The van der Waals surface area contributed by atoms with Gasteiger partial charge in [0.05, 0.1) is 25.9 Å². The molecule has 0 aromatic heterocycles. The summed E-state index contributed by atoms with van der Waals surface area (Å²) in [6.45, 7) is 3.62. The Labute approximate surface area is 106 Å². The number of hydrogen-bond donors (Lipinski definition) is 1. The first-order chi connectivity index (χ1) is 8.79. The molecule has 0 atom stereocenters. The van der Waals surface area contributed by atoms with Gasteiger partial charge < -0.3 is 19.5 Å². The lowest BCUT2D eigenvalue weighted by Crippen LogP contribution is -2.49. The van der Waals surface area contributed by atoms with E-state index in [0.29, 0.717) is 31.3 Å². The lowest BCUT2D eigenvalue weighted by Gasteiger charge is -2.26. The fourth-order valence-corrected chi connectivity index (χ4v) is 1.58. The molecule has 2 rings (SSSR count).